The van der Waals surface area contributed by atoms with Gasteiger partial charge in [-0.1, -0.05) is 48.5 Å². The molecule has 0 amide bonds. The van der Waals surface area contributed by atoms with Gasteiger partial charge in [0.2, 0.25) is 0 Å². The van der Waals surface area contributed by atoms with E-state index in [1.807, 2.05) is 6.07 Å². The summed E-state index contributed by atoms with van der Waals surface area (Å²) in [5, 5.41) is 1.32. The van der Waals surface area contributed by atoms with Crippen LogP contribution >= 0.6 is 22.6 Å². The first-order valence-electron chi connectivity index (χ1n) is 6.30. The summed E-state index contributed by atoms with van der Waals surface area (Å²) in [6, 6.07) is 19.0. The Morgan fingerprint density at radius 1 is 1.00 bits per heavy atom. The van der Waals surface area contributed by atoms with Gasteiger partial charge in [0.05, 0.1) is 17.8 Å². The van der Waals surface area contributed by atoms with Gasteiger partial charge in [-0.05, 0) is 28.7 Å². The normalized spacial score (nSPS) is 17.8. The van der Waals surface area contributed by atoms with Crippen LogP contribution < -0.4 is 0 Å². The molecule has 2 nitrogen and oxygen atoms in total. The van der Waals surface area contributed by atoms with Gasteiger partial charge in [0.15, 0.2) is 6.23 Å². The Balaban J connectivity index is 1.98. The highest BCUT2D eigenvalue weighted by Crippen LogP contribution is 2.38. The Hall–Kier alpha value is -1.33. The first-order valence-corrected chi connectivity index (χ1v) is 7.38. The SMILES string of the molecule is Ic1c2n(c3ccccc13)C(c1ccccc1)OC2. The Morgan fingerprint density at radius 2 is 1.74 bits per heavy atom. The van der Waals surface area contributed by atoms with Gasteiger partial charge in [0.1, 0.15) is 0 Å². The summed E-state index contributed by atoms with van der Waals surface area (Å²) in [6.07, 6.45) is 0.00427. The third kappa shape index (κ3) is 1.65. The number of halogens is 1. The predicted molar refractivity (Wildman–Crippen MR) is 84.0 cm³/mol. The molecule has 0 aliphatic carbocycles. The van der Waals surface area contributed by atoms with Crippen LogP contribution in [0.4, 0.5) is 0 Å². The van der Waals surface area contributed by atoms with Gasteiger partial charge in [-0.25, -0.2) is 0 Å². The second-order valence-corrected chi connectivity index (χ2v) is 5.80. The van der Waals surface area contributed by atoms with Crippen molar-refractivity contribution >= 4 is 33.5 Å². The molecule has 2 heterocycles. The lowest BCUT2D eigenvalue weighted by Gasteiger charge is -2.14. The quantitative estimate of drug-likeness (QED) is 0.589. The van der Waals surface area contributed by atoms with E-state index in [0.717, 1.165) is 0 Å². The van der Waals surface area contributed by atoms with Crippen molar-refractivity contribution in [3.8, 4) is 0 Å². The van der Waals surface area contributed by atoms with E-state index >= 15 is 0 Å². The van der Waals surface area contributed by atoms with Crippen molar-refractivity contribution in [3.63, 3.8) is 0 Å². The van der Waals surface area contributed by atoms with Crippen LogP contribution in [0.3, 0.4) is 0 Å². The average Bonchev–Trinajstić information content (AvgIpc) is 3.02. The molecule has 0 saturated carbocycles. The first kappa shape index (κ1) is 11.5. The maximum atomic E-state index is 6.00. The lowest BCUT2D eigenvalue weighted by Crippen LogP contribution is -2.06. The number of nitrogens with zero attached hydrogens (tertiary/aromatic N) is 1. The first-order chi connectivity index (χ1) is 9.36. The van der Waals surface area contributed by atoms with Gasteiger partial charge in [0.25, 0.3) is 0 Å². The van der Waals surface area contributed by atoms with E-state index in [0.29, 0.717) is 6.61 Å². The minimum absolute atomic E-state index is 0.00427. The van der Waals surface area contributed by atoms with Crippen LogP contribution in [0.2, 0.25) is 0 Å². The Kier molecular flexibility index (Phi) is 2.63. The van der Waals surface area contributed by atoms with Crippen molar-refractivity contribution in [1.29, 1.82) is 0 Å². The third-order valence-corrected chi connectivity index (χ3v) is 4.85. The zero-order valence-electron chi connectivity index (χ0n) is 10.2. The molecule has 2 aromatic carbocycles. The fourth-order valence-corrected chi connectivity index (χ4v) is 3.64. The summed E-state index contributed by atoms with van der Waals surface area (Å²) in [7, 11) is 0. The monoisotopic (exact) mass is 361 g/mol. The molecular formula is C16H12INO. The molecule has 3 aromatic rings. The van der Waals surface area contributed by atoms with Gasteiger partial charge in [-0.2, -0.15) is 0 Å². The molecule has 19 heavy (non-hydrogen) atoms. The maximum Gasteiger partial charge on any atom is 0.161 e. The van der Waals surface area contributed by atoms with Crippen molar-refractivity contribution in [2.75, 3.05) is 0 Å². The fourth-order valence-electron chi connectivity index (χ4n) is 2.77. The minimum Gasteiger partial charge on any atom is -0.347 e. The molecule has 1 atom stereocenters. The zero-order chi connectivity index (χ0) is 12.8. The number of hydrogen-bond donors (Lipinski definition) is 0. The predicted octanol–water partition coefficient (Wildman–Crippen LogP) is 4.32. The fraction of sp³-hybridized carbons (Fsp3) is 0.125. The maximum absolute atomic E-state index is 6.00. The largest absolute Gasteiger partial charge is 0.347 e. The molecule has 0 N–H and O–H groups in total. The van der Waals surface area contributed by atoms with Gasteiger partial charge in [-0.15, -0.1) is 0 Å². The second kappa shape index (κ2) is 4.35. The lowest BCUT2D eigenvalue weighted by atomic mass is 10.2. The molecule has 0 spiro atoms. The molecule has 3 heteroatoms. The summed E-state index contributed by atoms with van der Waals surface area (Å²) < 4.78 is 9.63. The number of hydrogen-bond acceptors (Lipinski definition) is 1. The van der Waals surface area contributed by atoms with E-state index < -0.39 is 0 Å². The molecule has 0 saturated heterocycles. The smallest absolute Gasteiger partial charge is 0.161 e. The van der Waals surface area contributed by atoms with Gasteiger partial charge in [0, 0.05) is 14.5 Å². The number of para-hydroxylation sites is 1. The van der Waals surface area contributed by atoms with Crippen LogP contribution in [0.25, 0.3) is 10.9 Å². The molecule has 1 aliphatic rings. The third-order valence-electron chi connectivity index (χ3n) is 3.64. The highest BCUT2D eigenvalue weighted by Gasteiger charge is 2.28. The van der Waals surface area contributed by atoms with Crippen molar-refractivity contribution in [2.24, 2.45) is 0 Å². The molecule has 0 radical (unpaired) electrons. The topological polar surface area (TPSA) is 14.2 Å². The standard InChI is InChI=1S/C16H12INO/c17-15-12-8-4-5-9-13(12)18-14(15)10-19-16(18)11-6-2-1-3-7-11/h1-9,16H,10H2. The van der Waals surface area contributed by atoms with Crippen molar-refractivity contribution in [3.05, 3.63) is 69.4 Å². The van der Waals surface area contributed by atoms with Crippen LogP contribution in [-0.2, 0) is 11.3 Å². The molecular weight excluding hydrogens is 349 g/mol. The summed E-state index contributed by atoms with van der Waals surface area (Å²) >= 11 is 2.43. The summed E-state index contributed by atoms with van der Waals surface area (Å²) in [6.45, 7) is 0.687. The van der Waals surface area contributed by atoms with Gasteiger partial charge < -0.3 is 9.30 Å². The molecule has 4 rings (SSSR count). The number of aromatic nitrogens is 1. The minimum atomic E-state index is 0.00427. The Morgan fingerprint density at radius 3 is 2.58 bits per heavy atom. The molecule has 1 unspecified atom stereocenters. The van der Waals surface area contributed by atoms with Crippen LogP contribution in [0, 0.1) is 3.57 Å². The van der Waals surface area contributed by atoms with Crippen LogP contribution in [0.15, 0.2) is 54.6 Å². The van der Waals surface area contributed by atoms with E-state index in [1.165, 1.54) is 25.7 Å². The van der Waals surface area contributed by atoms with E-state index in [9.17, 15) is 0 Å². The second-order valence-electron chi connectivity index (χ2n) is 4.72. The molecule has 94 valence electrons. The van der Waals surface area contributed by atoms with Crippen molar-refractivity contribution in [1.82, 2.24) is 4.57 Å². The van der Waals surface area contributed by atoms with Crippen LogP contribution in [-0.4, -0.2) is 4.57 Å². The number of rotatable bonds is 1. The van der Waals surface area contributed by atoms with E-state index in [1.54, 1.807) is 0 Å². The molecule has 1 aliphatic heterocycles. The van der Waals surface area contributed by atoms with E-state index in [2.05, 4.69) is 75.7 Å². The van der Waals surface area contributed by atoms with Gasteiger partial charge in [-0.3, -0.25) is 0 Å². The summed E-state index contributed by atoms with van der Waals surface area (Å²) in [5.41, 5.74) is 3.75. The van der Waals surface area contributed by atoms with Crippen molar-refractivity contribution in [2.45, 2.75) is 12.8 Å². The lowest BCUT2D eigenvalue weighted by molar-refractivity contribution is 0.0649. The number of ether oxygens (including phenoxy) is 1. The number of benzene rings is 2. The highest BCUT2D eigenvalue weighted by atomic mass is 127. The molecule has 0 bridgehead atoms. The zero-order valence-corrected chi connectivity index (χ0v) is 12.4. The summed E-state index contributed by atoms with van der Waals surface area (Å²) in [5.74, 6) is 0. The highest BCUT2D eigenvalue weighted by molar-refractivity contribution is 14.1. The van der Waals surface area contributed by atoms with Gasteiger partial charge >= 0.3 is 0 Å². The Bertz CT molecular complexity index is 748. The van der Waals surface area contributed by atoms with Crippen LogP contribution in [0.1, 0.15) is 17.5 Å². The summed E-state index contributed by atoms with van der Waals surface area (Å²) in [4.78, 5) is 0. The molecule has 0 fully saturated rings. The Labute approximate surface area is 125 Å². The number of fused-ring (bicyclic) bond motifs is 3. The molecule has 1 aromatic heterocycles. The van der Waals surface area contributed by atoms with E-state index in [-0.39, 0.29) is 6.23 Å². The average molecular weight is 361 g/mol. The van der Waals surface area contributed by atoms with E-state index in [4.69, 9.17) is 4.74 Å². The van der Waals surface area contributed by atoms with Crippen molar-refractivity contribution < 1.29 is 4.74 Å². The van der Waals surface area contributed by atoms with Crippen LogP contribution in [0.5, 0.6) is 0 Å².